The first-order chi connectivity index (χ1) is 12.9. The van der Waals surface area contributed by atoms with E-state index in [0.717, 1.165) is 19.3 Å². The fraction of sp³-hybridized carbons (Fsp3) is 0.957. The Bertz CT molecular complexity index is 716. The first-order valence-electron chi connectivity index (χ1n) is 11.1. The van der Waals surface area contributed by atoms with Crippen molar-refractivity contribution >= 4 is 5.78 Å². The van der Waals surface area contributed by atoms with E-state index in [2.05, 4.69) is 20.8 Å². The molecular formula is C23H36O5. The second-order valence-corrected chi connectivity index (χ2v) is 11.8. The summed E-state index contributed by atoms with van der Waals surface area (Å²) in [6.07, 6.45) is 1.37. The Hall–Kier alpha value is -0.490. The third-order valence-corrected chi connectivity index (χ3v) is 9.72. The van der Waals surface area contributed by atoms with E-state index in [4.69, 9.17) is 9.47 Å². The van der Waals surface area contributed by atoms with Gasteiger partial charge in [-0.2, -0.15) is 0 Å². The maximum atomic E-state index is 13.8. The van der Waals surface area contributed by atoms with E-state index >= 15 is 0 Å². The van der Waals surface area contributed by atoms with Crippen LogP contribution in [0.4, 0.5) is 0 Å². The SMILES string of the molecule is C[C@@H]1C(=O)[C@@]23[C@@H]4OC(C)(C)O[C@@H]2C[C@@H]2C(C)(C)CC[C@@H](O)[C@@]2(C)[C@H]3[C@@H](O)C[C@H]14. The first-order valence-corrected chi connectivity index (χ1v) is 11.1. The molecule has 0 aromatic rings. The second kappa shape index (κ2) is 5.40. The number of hydrogen-bond donors (Lipinski definition) is 2. The predicted molar refractivity (Wildman–Crippen MR) is 103 cm³/mol. The summed E-state index contributed by atoms with van der Waals surface area (Å²) in [4.78, 5) is 13.8. The van der Waals surface area contributed by atoms with Crippen molar-refractivity contribution in [1.29, 1.82) is 0 Å². The Morgan fingerprint density at radius 1 is 1.04 bits per heavy atom. The molecule has 5 aliphatic rings. The summed E-state index contributed by atoms with van der Waals surface area (Å²) in [6.45, 7) is 12.6. The molecule has 0 unspecified atom stereocenters. The van der Waals surface area contributed by atoms with E-state index in [-0.39, 0.29) is 47.1 Å². The van der Waals surface area contributed by atoms with Gasteiger partial charge in [0.05, 0.1) is 29.8 Å². The van der Waals surface area contributed by atoms with Crippen LogP contribution in [0.5, 0.6) is 0 Å². The number of fused-ring (bicyclic) bond motifs is 2. The van der Waals surface area contributed by atoms with Crippen molar-refractivity contribution in [2.24, 2.45) is 39.9 Å². The van der Waals surface area contributed by atoms with Crippen LogP contribution < -0.4 is 0 Å². The maximum Gasteiger partial charge on any atom is 0.163 e. The van der Waals surface area contributed by atoms with Crippen LogP contribution in [-0.2, 0) is 14.3 Å². The van der Waals surface area contributed by atoms with E-state index in [1.54, 1.807) is 0 Å². The van der Waals surface area contributed by atoms with Crippen LogP contribution in [0.25, 0.3) is 0 Å². The van der Waals surface area contributed by atoms with Gasteiger partial charge in [-0.3, -0.25) is 4.79 Å². The van der Waals surface area contributed by atoms with Crippen molar-refractivity contribution in [2.45, 2.75) is 97.4 Å². The van der Waals surface area contributed by atoms with Crippen LogP contribution in [0.2, 0.25) is 0 Å². The van der Waals surface area contributed by atoms with Gasteiger partial charge < -0.3 is 19.7 Å². The molecule has 4 saturated carbocycles. The highest BCUT2D eigenvalue weighted by Gasteiger charge is 2.80. The van der Waals surface area contributed by atoms with Crippen molar-refractivity contribution in [3.63, 3.8) is 0 Å². The van der Waals surface area contributed by atoms with Crippen LogP contribution in [0.1, 0.15) is 67.2 Å². The number of ether oxygens (including phenoxy) is 2. The molecule has 5 heteroatoms. The number of carbonyl (C=O) groups excluding carboxylic acids is 1. The van der Waals surface area contributed by atoms with Crippen LogP contribution in [-0.4, -0.2) is 46.2 Å². The molecule has 1 aliphatic heterocycles. The standard InChI is InChI=1S/C23H36O5/c1-11-12-9-13(24)17-22(6)14(20(2,3)8-7-15(22)25)10-16-23(17,18(11)26)19(12)28-21(4,5)27-16/h11-17,19,24-25H,7-10H2,1-6H3/t11-,12+,13-,14+,15+,16+,17+,19+,22-,23+/m0/s1. The highest BCUT2D eigenvalue weighted by molar-refractivity contribution is 5.92. The molecule has 0 radical (unpaired) electrons. The zero-order valence-electron chi connectivity index (χ0n) is 18.1. The summed E-state index contributed by atoms with van der Waals surface area (Å²) in [6, 6.07) is 0. The molecule has 0 aromatic carbocycles. The second-order valence-electron chi connectivity index (χ2n) is 11.8. The molecule has 4 aliphatic carbocycles. The van der Waals surface area contributed by atoms with Gasteiger partial charge in [0, 0.05) is 17.3 Å². The van der Waals surface area contributed by atoms with Gasteiger partial charge in [0.15, 0.2) is 5.79 Å². The minimum atomic E-state index is -0.836. The number of aliphatic hydroxyl groups excluding tert-OH is 2. The van der Waals surface area contributed by atoms with E-state index in [0.29, 0.717) is 6.42 Å². The molecule has 5 nitrogen and oxygen atoms in total. The maximum absolute atomic E-state index is 13.8. The fourth-order valence-electron chi connectivity index (χ4n) is 8.69. The Kier molecular flexibility index (Phi) is 3.76. The predicted octanol–water partition coefficient (Wildman–Crippen LogP) is 2.92. The van der Waals surface area contributed by atoms with Gasteiger partial charge in [-0.15, -0.1) is 0 Å². The van der Waals surface area contributed by atoms with Crippen molar-refractivity contribution < 1.29 is 24.5 Å². The Balaban J connectivity index is 1.75. The number of aliphatic hydroxyl groups is 2. The van der Waals surface area contributed by atoms with Crippen LogP contribution in [0.3, 0.4) is 0 Å². The molecular weight excluding hydrogens is 356 g/mol. The summed E-state index contributed by atoms with van der Waals surface area (Å²) >= 11 is 0. The molecule has 28 heavy (non-hydrogen) atoms. The highest BCUT2D eigenvalue weighted by atomic mass is 16.7. The number of hydrogen-bond acceptors (Lipinski definition) is 5. The number of rotatable bonds is 0. The summed E-state index contributed by atoms with van der Waals surface area (Å²) in [7, 11) is 0. The highest BCUT2D eigenvalue weighted by Crippen LogP contribution is 2.73. The molecule has 2 N–H and O–H groups in total. The largest absolute Gasteiger partial charge is 0.393 e. The Labute approximate surface area is 168 Å². The number of carbonyl (C=O) groups is 1. The molecule has 0 aromatic heterocycles. The zero-order chi connectivity index (χ0) is 20.4. The summed E-state index contributed by atoms with van der Waals surface area (Å²) in [5, 5.41) is 22.7. The fourth-order valence-corrected chi connectivity index (χ4v) is 8.69. The van der Waals surface area contributed by atoms with Gasteiger partial charge in [-0.1, -0.05) is 27.7 Å². The van der Waals surface area contributed by atoms with E-state index < -0.39 is 28.8 Å². The van der Waals surface area contributed by atoms with E-state index in [9.17, 15) is 15.0 Å². The average Bonchev–Trinajstić information content (AvgIpc) is 2.72. The third-order valence-electron chi connectivity index (χ3n) is 9.72. The van der Waals surface area contributed by atoms with Gasteiger partial charge in [0.2, 0.25) is 0 Å². The van der Waals surface area contributed by atoms with Gasteiger partial charge in [0.25, 0.3) is 0 Å². The molecule has 158 valence electrons. The van der Waals surface area contributed by atoms with Crippen LogP contribution >= 0.6 is 0 Å². The van der Waals surface area contributed by atoms with Gasteiger partial charge in [-0.25, -0.2) is 0 Å². The minimum Gasteiger partial charge on any atom is -0.393 e. The topological polar surface area (TPSA) is 76.0 Å². The number of ketones is 1. The quantitative estimate of drug-likeness (QED) is 0.663. The summed E-state index contributed by atoms with van der Waals surface area (Å²) in [5.74, 6) is -0.794. The lowest BCUT2D eigenvalue weighted by atomic mass is 9.38. The van der Waals surface area contributed by atoms with Gasteiger partial charge in [-0.05, 0) is 56.8 Å². The molecule has 5 fully saturated rings. The van der Waals surface area contributed by atoms with Crippen molar-refractivity contribution in [3.05, 3.63) is 0 Å². The third kappa shape index (κ3) is 2.00. The molecule has 1 spiro atoms. The van der Waals surface area contributed by atoms with E-state index in [1.165, 1.54) is 0 Å². The summed E-state index contributed by atoms with van der Waals surface area (Å²) in [5.41, 5.74) is -1.33. The minimum absolute atomic E-state index is 0.0262. The molecule has 5 rings (SSSR count). The van der Waals surface area contributed by atoms with Crippen LogP contribution in [0, 0.1) is 39.9 Å². The number of Topliss-reactive ketones (excluding diaryl/α,β-unsaturated/α-hetero) is 1. The molecule has 1 saturated heterocycles. The van der Waals surface area contributed by atoms with Crippen molar-refractivity contribution in [1.82, 2.24) is 0 Å². The Morgan fingerprint density at radius 2 is 1.71 bits per heavy atom. The average molecular weight is 393 g/mol. The lowest BCUT2D eigenvalue weighted by Gasteiger charge is -2.70. The smallest absolute Gasteiger partial charge is 0.163 e. The summed E-state index contributed by atoms with van der Waals surface area (Å²) < 4.78 is 12.9. The van der Waals surface area contributed by atoms with Gasteiger partial charge in [0.1, 0.15) is 5.78 Å². The lowest BCUT2D eigenvalue weighted by molar-refractivity contribution is -0.394. The monoisotopic (exact) mass is 392 g/mol. The van der Waals surface area contributed by atoms with Crippen molar-refractivity contribution in [3.8, 4) is 0 Å². The molecule has 10 atom stereocenters. The molecule has 1 heterocycles. The zero-order valence-corrected chi connectivity index (χ0v) is 18.1. The molecule has 0 amide bonds. The van der Waals surface area contributed by atoms with Gasteiger partial charge >= 0.3 is 0 Å². The van der Waals surface area contributed by atoms with Crippen LogP contribution in [0.15, 0.2) is 0 Å². The first kappa shape index (κ1) is 19.5. The normalized spacial score (nSPS) is 58.8. The Morgan fingerprint density at radius 3 is 2.39 bits per heavy atom. The van der Waals surface area contributed by atoms with E-state index in [1.807, 2.05) is 20.8 Å². The lowest BCUT2D eigenvalue weighted by Crippen LogP contribution is -2.76. The van der Waals surface area contributed by atoms with Crippen molar-refractivity contribution in [2.75, 3.05) is 0 Å². The molecule has 2 bridgehead atoms.